The molecule has 1 saturated heterocycles. The van der Waals surface area contributed by atoms with E-state index in [1.807, 2.05) is 6.07 Å². The quantitative estimate of drug-likeness (QED) is 0.932. The fourth-order valence-corrected chi connectivity index (χ4v) is 3.46. The average Bonchev–Trinajstić information content (AvgIpc) is 2.94. The van der Waals surface area contributed by atoms with Crippen molar-refractivity contribution < 1.29 is 0 Å². The van der Waals surface area contributed by atoms with Crippen LogP contribution in [-0.4, -0.2) is 40.5 Å². The molecule has 0 saturated carbocycles. The van der Waals surface area contributed by atoms with Crippen molar-refractivity contribution in [3.05, 3.63) is 17.8 Å². The smallest absolute Gasteiger partial charge is 0.147 e. The second-order valence-electron chi connectivity index (χ2n) is 5.18. The first kappa shape index (κ1) is 12.8. The maximum Gasteiger partial charge on any atom is 0.147 e. The number of hydrogen-bond donors (Lipinski definition) is 1. The summed E-state index contributed by atoms with van der Waals surface area (Å²) in [6, 6.07) is 2.60. The molecule has 0 spiro atoms. The van der Waals surface area contributed by atoms with Crippen LogP contribution in [0.15, 0.2) is 17.8 Å². The number of thiophene rings is 1. The van der Waals surface area contributed by atoms with Crippen molar-refractivity contribution in [3.63, 3.8) is 0 Å². The standard InChI is InChI=1S/C14H20N4S/c1-11(18-6-3-2-4-7-18)9-15-14-13-12(5-8-19-13)16-10-17-14/h5,8,10-11H,2-4,6-7,9H2,1H3,(H,15,16,17). The molecule has 19 heavy (non-hydrogen) atoms. The van der Waals surface area contributed by atoms with Gasteiger partial charge in [0.15, 0.2) is 0 Å². The molecule has 0 aliphatic carbocycles. The number of fused-ring (bicyclic) bond motifs is 1. The number of likely N-dealkylation sites (tertiary alicyclic amines) is 1. The molecule has 0 aromatic carbocycles. The van der Waals surface area contributed by atoms with E-state index in [4.69, 9.17) is 0 Å². The zero-order valence-electron chi connectivity index (χ0n) is 11.3. The molecule has 3 rings (SSSR count). The van der Waals surface area contributed by atoms with E-state index in [9.17, 15) is 0 Å². The topological polar surface area (TPSA) is 41.1 Å². The minimum absolute atomic E-state index is 0.560. The van der Waals surface area contributed by atoms with E-state index in [1.54, 1.807) is 17.7 Å². The summed E-state index contributed by atoms with van der Waals surface area (Å²) in [5.41, 5.74) is 1.04. The van der Waals surface area contributed by atoms with Crippen molar-refractivity contribution in [2.75, 3.05) is 25.0 Å². The van der Waals surface area contributed by atoms with Crippen molar-refractivity contribution in [3.8, 4) is 0 Å². The minimum atomic E-state index is 0.560. The van der Waals surface area contributed by atoms with Gasteiger partial charge in [-0.15, -0.1) is 11.3 Å². The van der Waals surface area contributed by atoms with E-state index >= 15 is 0 Å². The molecule has 0 radical (unpaired) electrons. The van der Waals surface area contributed by atoms with Crippen molar-refractivity contribution in [1.82, 2.24) is 14.9 Å². The zero-order chi connectivity index (χ0) is 13.1. The molecule has 3 heterocycles. The van der Waals surface area contributed by atoms with Gasteiger partial charge in [0.1, 0.15) is 12.1 Å². The van der Waals surface area contributed by atoms with Crippen molar-refractivity contribution in [2.24, 2.45) is 0 Å². The number of aromatic nitrogens is 2. The molecule has 4 nitrogen and oxygen atoms in total. The van der Waals surface area contributed by atoms with E-state index < -0.39 is 0 Å². The molecule has 1 aliphatic heterocycles. The third-order valence-electron chi connectivity index (χ3n) is 3.82. The van der Waals surface area contributed by atoms with Crippen molar-refractivity contribution >= 4 is 27.4 Å². The summed E-state index contributed by atoms with van der Waals surface area (Å²) in [5.74, 6) is 0.976. The van der Waals surface area contributed by atoms with E-state index in [-0.39, 0.29) is 0 Å². The van der Waals surface area contributed by atoms with Crippen molar-refractivity contribution in [1.29, 1.82) is 0 Å². The molecule has 1 atom stereocenters. The molecule has 0 bridgehead atoms. The lowest BCUT2D eigenvalue weighted by Crippen LogP contribution is -2.41. The summed E-state index contributed by atoms with van der Waals surface area (Å²) in [6.45, 7) is 5.72. The van der Waals surface area contributed by atoms with Gasteiger partial charge in [0.2, 0.25) is 0 Å². The highest BCUT2D eigenvalue weighted by Gasteiger charge is 2.16. The Bertz CT molecular complexity index is 533. The van der Waals surface area contributed by atoms with Gasteiger partial charge in [-0.3, -0.25) is 4.90 Å². The summed E-state index contributed by atoms with van der Waals surface area (Å²) >= 11 is 1.70. The molecule has 2 aromatic heterocycles. The molecule has 1 aliphatic rings. The highest BCUT2D eigenvalue weighted by molar-refractivity contribution is 7.17. The van der Waals surface area contributed by atoms with Gasteiger partial charge >= 0.3 is 0 Å². The molecular weight excluding hydrogens is 256 g/mol. The maximum atomic E-state index is 4.37. The molecule has 2 aromatic rings. The second-order valence-corrected chi connectivity index (χ2v) is 6.10. The van der Waals surface area contributed by atoms with E-state index in [1.165, 1.54) is 32.4 Å². The lowest BCUT2D eigenvalue weighted by atomic mass is 10.1. The molecule has 1 N–H and O–H groups in total. The van der Waals surface area contributed by atoms with Gasteiger partial charge < -0.3 is 5.32 Å². The monoisotopic (exact) mass is 276 g/mol. The number of anilines is 1. The highest BCUT2D eigenvalue weighted by atomic mass is 32.1. The molecule has 5 heteroatoms. The Hall–Kier alpha value is -1.20. The first-order valence-electron chi connectivity index (χ1n) is 7.01. The number of rotatable bonds is 4. The first-order valence-corrected chi connectivity index (χ1v) is 7.88. The molecule has 0 amide bonds. The third kappa shape index (κ3) is 2.87. The second kappa shape index (κ2) is 5.84. The van der Waals surface area contributed by atoms with Crippen LogP contribution in [0.25, 0.3) is 10.2 Å². The number of piperidine rings is 1. The van der Waals surface area contributed by atoms with Gasteiger partial charge in [0.05, 0.1) is 10.2 Å². The Kier molecular flexibility index (Phi) is 3.94. The molecular formula is C14H20N4S. The van der Waals surface area contributed by atoms with Gasteiger partial charge in [0, 0.05) is 12.6 Å². The Balaban J connectivity index is 1.63. The van der Waals surface area contributed by atoms with Crippen LogP contribution in [0.5, 0.6) is 0 Å². The number of nitrogens with one attached hydrogen (secondary N) is 1. The molecule has 102 valence electrons. The molecule has 1 unspecified atom stereocenters. The van der Waals surface area contributed by atoms with Crippen LogP contribution in [0, 0.1) is 0 Å². The fourth-order valence-electron chi connectivity index (χ4n) is 2.65. The van der Waals surface area contributed by atoms with Crippen LogP contribution >= 0.6 is 11.3 Å². The number of hydrogen-bond acceptors (Lipinski definition) is 5. The van der Waals surface area contributed by atoms with Crippen LogP contribution in [-0.2, 0) is 0 Å². The summed E-state index contributed by atoms with van der Waals surface area (Å²) in [5, 5.41) is 5.56. The number of nitrogens with zero attached hydrogens (tertiary/aromatic N) is 3. The molecule has 1 fully saturated rings. The lowest BCUT2D eigenvalue weighted by Gasteiger charge is -2.32. The van der Waals surface area contributed by atoms with Crippen LogP contribution < -0.4 is 5.32 Å². The van der Waals surface area contributed by atoms with Gasteiger partial charge in [-0.2, -0.15) is 0 Å². The van der Waals surface area contributed by atoms with Crippen LogP contribution in [0.2, 0.25) is 0 Å². The Morgan fingerprint density at radius 1 is 1.32 bits per heavy atom. The van der Waals surface area contributed by atoms with E-state index in [0.29, 0.717) is 6.04 Å². The van der Waals surface area contributed by atoms with E-state index in [0.717, 1.165) is 22.6 Å². The van der Waals surface area contributed by atoms with E-state index in [2.05, 4.69) is 32.5 Å². The first-order chi connectivity index (χ1) is 9.34. The van der Waals surface area contributed by atoms with Crippen LogP contribution in [0.3, 0.4) is 0 Å². The predicted octanol–water partition coefficient (Wildman–Crippen LogP) is 2.98. The summed E-state index contributed by atoms with van der Waals surface area (Å²) < 4.78 is 1.16. The minimum Gasteiger partial charge on any atom is -0.367 e. The van der Waals surface area contributed by atoms with Gasteiger partial charge in [-0.25, -0.2) is 9.97 Å². The Morgan fingerprint density at radius 3 is 3.00 bits per heavy atom. The Labute approximate surface area is 117 Å². The fraction of sp³-hybridized carbons (Fsp3) is 0.571. The zero-order valence-corrected chi connectivity index (χ0v) is 12.1. The largest absolute Gasteiger partial charge is 0.367 e. The maximum absolute atomic E-state index is 4.37. The van der Waals surface area contributed by atoms with Gasteiger partial charge in [-0.1, -0.05) is 6.42 Å². The van der Waals surface area contributed by atoms with Crippen LogP contribution in [0.1, 0.15) is 26.2 Å². The van der Waals surface area contributed by atoms with Crippen molar-refractivity contribution in [2.45, 2.75) is 32.2 Å². The highest BCUT2D eigenvalue weighted by Crippen LogP contribution is 2.24. The van der Waals surface area contributed by atoms with Gasteiger partial charge in [-0.05, 0) is 44.3 Å². The Morgan fingerprint density at radius 2 is 2.16 bits per heavy atom. The van der Waals surface area contributed by atoms with Crippen LogP contribution in [0.4, 0.5) is 5.82 Å². The third-order valence-corrected chi connectivity index (χ3v) is 4.73. The summed E-state index contributed by atoms with van der Waals surface area (Å²) in [6.07, 6.45) is 5.71. The average molecular weight is 276 g/mol. The summed E-state index contributed by atoms with van der Waals surface area (Å²) in [7, 11) is 0. The predicted molar refractivity (Wildman–Crippen MR) is 80.8 cm³/mol. The van der Waals surface area contributed by atoms with Gasteiger partial charge in [0.25, 0.3) is 0 Å². The SMILES string of the molecule is CC(CNc1ncnc2ccsc12)N1CCCCC1. The lowest BCUT2D eigenvalue weighted by molar-refractivity contribution is 0.180. The summed E-state index contributed by atoms with van der Waals surface area (Å²) in [4.78, 5) is 11.2. The normalized spacial score (nSPS) is 18.6.